The van der Waals surface area contributed by atoms with Crippen LogP contribution < -0.4 is 5.32 Å². The fraction of sp³-hybridized carbons (Fsp3) is 0.154. The highest BCUT2D eigenvalue weighted by atomic mass is 32.1. The van der Waals surface area contributed by atoms with Crippen LogP contribution in [0, 0.1) is 17.0 Å². The summed E-state index contributed by atoms with van der Waals surface area (Å²) in [7, 11) is 0. The second-order valence-corrected chi connectivity index (χ2v) is 5.23. The lowest BCUT2D eigenvalue weighted by Crippen LogP contribution is -2.02. The zero-order chi connectivity index (χ0) is 14.7. The van der Waals surface area contributed by atoms with E-state index in [2.05, 4.69) is 5.32 Å². The first-order valence-corrected chi connectivity index (χ1v) is 6.65. The first-order valence-electron chi connectivity index (χ1n) is 5.77. The van der Waals surface area contributed by atoms with Crippen molar-refractivity contribution < 1.29 is 14.8 Å². The summed E-state index contributed by atoms with van der Waals surface area (Å²) < 4.78 is 0. The SMILES string of the molecule is Cc1ccc([N+](=O)[O-])c(NCc2cc(C(=O)O)cs2)c1. The highest BCUT2D eigenvalue weighted by Gasteiger charge is 2.13. The van der Waals surface area contributed by atoms with E-state index in [1.807, 2.05) is 6.92 Å². The predicted octanol–water partition coefficient (Wildman–Crippen LogP) is 3.28. The number of aryl methyl sites for hydroxylation is 1. The van der Waals surface area contributed by atoms with Crippen LogP contribution in [0.25, 0.3) is 0 Å². The van der Waals surface area contributed by atoms with Crippen LogP contribution in [0.2, 0.25) is 0 Å². The number of hydrogen-bond donors (Lipinski definition) is 2. The minimum absolute atomic E-state index is 0.00520. The Kier molecular flexibility index (Phi) is 3.99. The number of hydrogen-bond acceptors (Lipinski definition) is 5. The van der Waals surface area contributed by atoms with E-state index in [-0.39, 0.29) is 11.3 Å². The van der Waals surface area contributed by atoms with Crippen LogP contribution in [0.5, 0.6) is 0 Å². The molecule has 0 aliphatic heterocycles. The Morgan fingerprint density at radius 3 is 2.80 bits per heavy atom. The number of nitro benzene ring substituents is 1. The van der Waals surface area contributed by atoms with Crippen molar-refractivity contribution in [3.05, 3.63) is 55.8 Å². The van der Waals surface area contributed by atoms with Gasteiger partial charge in [0.05, 0.1) is 10.5 Å². The zero-order valence-corrected chi connectivity index (χ0v) is 11.4. The highest BCUT2D eigenvalue weighted by molar-refractivity contribution is 7.10. The van der Waals surface area contributed by atoms with Gasteiger partial charge in [0.2, 0.25) is 0 Å². The van der Waals surface area contributed by atoms with Gasteiger partial charge >= 0.3 is 5.97 Å². The number of benzene rings is 1. The van der Waals surface area contributed by atoms with Crippen LogP contribution in [-0.4, -0.2) is 16.0 Å². The highest BCUT2D eigenvalue weighted by Crippen LogP contribution is 2.26. The molecule has 0 spiro atoms. The summed E-state index contributed by atoms with van der Waals surface area (Å²) in [5.74, 6) is -0.978. The standard InChI is InChI=1S/C13H12N2O4S/c1-8-2-3-12(15(18)19)11(4-8)14-6-10-5-9(7-20-10)13(16)17/h2-5,7,14H,6H2,1H3,(H,16,17). The lowest BCUT2D eigenvalue weighted by atomic mass is 10.2. The number of thiophene rings is 1. The van der Waals surface area contributed by atoms with Crippen molar-refractivity contribution in [2.24, 2.45) is 0 Å². The molecule has 0 radical (unpaired) electrons. The van der Waals surface area contributed by atoms with Gasteiger partial charge < -0.3 is 10.4 Å². The number of nitrogens with one attached hydrogen (secondary N) is 1. The van der Waals surface area contributed by atoms with Gasteiger partial charge in [-0.05, 0) is 24.6 Å². The number of nitrogens with zero attached hydrogens (tertiary/aromatic N) is 1. The Hall–Kier alpha value is -2.41. The molecule has 2 rings (SSSR count). The molecule has 0 atom stereocenters. The second kappa shape index (κ2) is 5.70. The van der Waals surface area contributed by atoms with Gasteiger partial charge in [-0.25, -0.2) is 4.79 Å². The number of rotatable bonds is 5. The van der Waals surface area contributed by atoms with Gasteiger partial charge in [0.15, 0.2) is 0 Å². The summed E-state index contributed by atoms with van der Waals surface area (Å²) in [5, 5.41) is 24.3. The molecule has 104 valence electrons. The average Bonchev–Trinajstić information content (AvgIpc) is 2.85. The van der Waals surface area contributed by atoms with Crippen LogP contribution in [0.15, 0.2) is 29.6 Å². The van der Waals surface area contributed by atoms with Crippen molar-refractivity contribution in [1.82, 2.24) is 0 Å². The molecule has 7 heteroatoms. The predicted molar refractivity (Wildman–Crippen MR) is 76.4 cm³/mol. The smallest absolute Gasteiger partial charge is 0.336 e. The summed E-state index contributed by atoms with van der Waals surface area (Å²) in [6, 6.07) is 6.39. The summed E-state index contributed by atoms with van der Waals surface area (Å²) in [5.41, 5.74) is 1.58. The lowest BCUT2D eigenvalue weighted by Gasteiger charge is -2.06. The van der Waals surface area contributed by atoms with Gasteiger partial charge in [0, 0.05) is 22.9 Å². The van der Waals surface area contributed by atoms with E-state index < -0.39 is 10.9 Å². The van der Waals surface area contributed by atoms with Crippen LogP contribution in [0.1, 0.15) is 20.8 Å². The number of carboxylic acid groups (broad SMARTS) is 1. The van der Waals surface area contributed by atoms with Gasteiger partial charge in [-0.2, -0.15) is 0 Å². The molecule has 6 nitrogen and oxygen atoms in total. The van der Waals surface area contributed by atoms with E-state index in [1.54, 1.807) is 23.6 Å². The van der Waals surface area contributed by atoms with Gasteiger partial charge in [-0.1, -0.05) is 6.07 Å². The molecular weight excluding hydrogens is 280 g/mol. The molecule has 0 aliphatic rings. The van der Waals surface area contributed by atoms with Crippen LogP contribution in [0.4, 0.5) is 11.4 Å². The van der Waals surface area contributed by atoms with Crippen LogP contribution >= 0.6 is 11.3 Å². The number of carbonyl (C=O) groups is 1. The molecular formula is C13H12N2O4S. The first kappa shape index (κ1) is 14.0. The first-order chi connectivity index (χ1) is 9.47. The van der Waals surface area contributed by atoms with E-state index in [1.165, 1.54) is 17.4 Å². The Labute approximate surface area is 118 Å². The van der Waals surface area contributed by atoms with Gasteiger partial charge in [-0.15, -0.1) is 11.3 Å². The number of carboxylic acids is 1. The van der Waals surface area contributed by atoms with Crippen molar-refractivity contribution in [3.63, 3.8) is 0 Å². The summed E-state index contributed by atoms with van der Waals surface area (Å²) >= 11 is 1.30. The monoisotopic (exact) mass is 292 g/mol. The zero-order valence-electron chi connectivity index (χ0n) is 10.6. The van der Waals surface area contributed by atoms with Gasteiger partial charge in [0.25, 0.3) is 5.69 Å². The molecule has 0 amide bonds. The molecule has 20 heavy (non-hydrogen) atoms. The molecule has 2 aromatic rings. The van der Waals surface area contributed by atoms with Gasteiger partial charge in [-0.3, -0.25) is 10.1 Å². The van der Waals surface area contributed by atoms with Crippen molar-refractivity contribution >= 4 is 28.7 Å². The molecule has 2 N–H and O–H groups in total. The normalized spacial score (nSPS) is 10.2. The number of aromatic carboxylic acids is 1. The number of anilines is 1. The molecule has 0 saturated heterocycles. The maximum Gasteiger partial charge on any atom is 0.336 e. The molecule has 0 unspecified atom stereocenters. The maximum atomic E-state index is 10.9. The molecule has 0 saturated carbocycles. The quantitative estimate of drug-likeness (QED) is 0.651. The fourth-order valence-electron chi connectivity index (χ4n) is 1.72. The summed E-state index contributed by atoms with van der Waals surface area (Å²) in [6.45, 7) is 2.20. The second-order valence-electron chi connectivity index (χ2n) is 4.24. The summed E-state index contributed by atoms with van der Waals surface area (Å²) in [4.78, 5) is 22.1. The molecule has 0 aliphatic carbocycles. The Balaban J connectivity index is 2.15. The average molecular weight is 292 g/mol. The minimum atomic E-state index is -0.978. The van der Waals surface area contributed by atoms with Crippen LogP contribution in [0.3, 0.4) is 0 Å². The molecule has 1 aromatic carbocycles. The Morgan fingerprint density at radius 2 is 2.20 bits per heavy atom. The van der Waals surface area contributed by atoms with Crippen molar-refractivity contribution in [3.8, 4) is 0 Å². The molecule has 0 bridgehead atoms. The van der Waals surface area contributed by atoms with Gasteiger partial charge in [0.1, 0.15) is 5.69 Å². The summed E-state index contributed by atoms with van der Waals surface area (Å²) in [6.07, 6.45) is 0. The third-order valence-electron chi connectivity index (χ3n) is 2.70. The number of nitro groups is 1. The molecule has 0 fully saturated rings. The van der Waals surface area contributed by atoms with Crippen molar-refractivity contribution in [2.75, 3.05) is 5.32 Å². The minimum Gasteiger partial charge on any atom is -0.478 e. The van der Waals surface area contributed by atoms with Crippen LogP contribution in [-0.2, 0) is 6.54 Å². The van der Waals surface area contributed by atoms with Crippen molar-refractivity contribution in [2.45, 2.75) is 13.5 Å². The van der Waals surface area contributed by atoms with Crippen molar-refractivity contribution in [1.29, 1.82) is 0 Å². The molecule has 1 aromatic heterocycles. The molecule has 1 heterocycles. The maximum absolute atomic E-state index is 10.9. The van der Waals surface area contributed by atoms with E-state index in [4.69, 9.17) is 5.11 Å². The third kappa shape index (κ3) is 3.12. The Bertz CT molecular complexity index is 666. The fourth-order valence-corrected chi connectivity index (χ4v) is 2.52. The van der Waals surface area contributed by atoms with E-state index >= 15 is 0 Å². The van der Waals surface area contributed by atoms with E-state index in [0.717, 1.165) is 10.4 Å². The Morgan fingerprint density at radius 1 is 1.45 bits per heavy atom. The van der Waals surface area contributed by atoms with E-state index in [0.29, 0.717) is 12.2 Å². The largest absolute Gasteiger partial charge is 0.478 e. The third-order valence-corrected chi connectivity index (χ3v) is 3.64. The lowest BCUT2D eigenvalue weighted by molar-refractivity contribution is -0.384. The topological polar surface area (TPSA) is 92.5 Å². The van der Waals surface area contributed by atoms with E-state index in [9.17, 15) is 14.9 Å².